The molecule has 0 saturated heterocycles. The summed E-state index contributed by atoms with van der Waals surface area (Å²) in [5, 5.41) is 1.07. The first-order valence-electron chi connectivity index (χ1n) is 7.41. The van der Waals surface area contributed by atoms with Crippen molar-refractivity contribution in [2.75, 3.05) is 0 Å². The zero-order valence-electron chi connectivity index (χ0n) is 12.9. The second-order valence-electron chi connectivity index (χ2n) is 6.60. The highest BCUT2D eigenvalue weighted by molar-refractivity contribution is 5.83. The second-order valence-corrected chi connectivity index (χ2v) is 6.60. The van der Waals surface area contributed by atoms with Gasteiger partial charge in [0.2, 0.25) is 0 Å². The summed E-state index contributed by atoms with van der Waals surface area (Å²) in [6.07, 6.45) is 0. The van der Waals surface area contributed by atoms with Crippen LogP contribution in [-0.4, -0.2) is 4.98 Å². The Hall–Kier alpha value is -2.55. The SMILES string of the molecule is CC(C)(C)c1ccc2oc(-c3nc4ccccc4o3)cc2c1. The molecular weight excluding hydrogens is 274 g/mol. The number of hydrogen-bond acceptors (Lipinski definition) is 3. The van der Waals surface area contributed by atoms with Crippen LogP contribution in [0.2, 0.25) is 0 Å². The van der Waals surface area contributed by atoms with E-state index < -0.39 is 0 Å². The van der Waals surface area contributed by atoms with E-state index in [9.17, 15) is 0 Å². The molecule has 0 aliphatic rings. The van der Waals surface area contributed by atoms with Crippen LogP contribution in [0.15, 0.2) is 57.4 Å². The van der Waals surface area contributed by atoms with Gasteiger partial charge in [-0.3, -0.25) is 0 Å². The molecule has 0 spiro atoms. The van der Waals surface area contributed by atoms with E-state index in [2.05, 4.69) is 37.9 Å². The van der Waals surface area contributed by atoms with Crippen molar-refractivity contribution >= 4 is 22.1 Å². The molecule has 22 heavy (non-hydrogen) atoms. The number of hydrogen-bond donors (Lipinski definition) is 0. The van der Waals surface area contributed by atoms with Crippen LogP contribution >= 0.6 is 0 Å². The third kappa shape index (κ3) is 2.10. The van der Waals surface area contributed by atoms with Crippen molar-refractivity contribution in [3.05, 3.63) is 54.1 Å². The molecule has 0 aliphatic heterocycles. The van der Waals surface area contributed by atoms with Crippen LogP contribution in [0, 0.1) is 0 Å². The lowest BCUT2D eigenvalue weighted by molar-refractivity contribution is 0.559. The molecule has 0 saturated carbocycles. The number of oxazole rings is 1. The average Bonchev–Trinajstić information content (AvgIpc) is 3.08. The molecule has 0 amide bonds. The first-order valence-corrected chi connectivity index (χ1v) is 7.41. The van der Waals surface area contributed by atoms with Gasteiger partial charge in [0.05, 0.1) is 0 Å². The van der Waals surface area contributed by atoms with Gasteiger partial charge < -0.3 is 8.83 Å². The maximum Gasteiger partial charge on any atom is 0.263 e. The molecule has 3 heteroatoms. The summed E-state index contributed by atoms with van der Waals surface area (Å²) >= 11 is 0. The number of furan rings is 1. The van der Waals surface area contributed by atoms with E-state index in [4.69, 9.17) is 8.83 Å². The predicted molar refractivity (Wildman–Crippen MR) is 87.9 cm³/mol. The van der Waals surface area contributed by atoms with Crippen molar-refractivity contribution in [2.45, 2.75) is 26.2 Å². The minimum absolute atomic E-state index is 0.114. The normalized spacial score (nSPS) is 12.3. The third-order valence-corrected chi connectivity index (χ3v) is 3.89. The van der Waals surface area contributed by atoms with Crippen molar-refractivity contribution in [1.29, 1.82) is 0 Å². The average molecular weight is 291 g/mol. The largest absolute Gasteiger partial charge is 0.451 e. The van der Waals surface area contributed by atoms with Crippen LogP contribution in [0.3, 0.4) is 0 Å². The topological polar surface area (TPSA) is 39.2 Å². The summed E-state index contributed by atoms with van der Waals surface area (Å²) in [4.78, 5) is 4.49. The first kappa shape index (κ1) is 13.1. The fraction of sp³-hybridized carbons (Fsp3) is 0.211. The van der Waals surface area contributed by atoms with Gasteiger partial charge in [0.15, 0.2) is 11.3 Å². The van der Waals surface area contributed by atoms with Crippen LogP contribution in [0.5, 0.6) is 0 Å². The van der Waals surface area contributed by atoms with Crippen molar-refractivity contribution in [3.63, 3.8) is 0 Å². The summed E-state index contributed by atoms with van der Waals surface area (Å²) in [6.45, 7) is 6.61. The highest BCUT2D eigenvalue weighted by Gasteiger charge is 2.17. The van der Waals surface area contributed by atoms with Gasteiger partial charge in [0, 0.05) is 5.39 Å². The number of nitrogens with zero attached hydrogens (tertiary/aromatic N) is 1. The molecule has 110 valence electrons. The van der Waals surface area contributed by atoms with Crippen LogP contribution in [-0.2, 0) is 5.41 Å². The minimum atomic E-state index is 0.114. The van der Waals surface area contributed by atoms with Gasteiger partial charge in [0.1, 0.15) is 11.1 Å². The molecule has 0 N–H and O–H groups in total. The lowest BCUT2D eigenvalue weighted by Gasteiger charge is -2.18. The Morgan fingerprint density at radius 2 is 1.68 bits per heavy atom. The zero-order valence-corrected chi connectivity index (χ0v) is 12.9. The zero-order chi connectivity index (χ0) is 15.3. The van der Waals surface area contributed by atoms with Crippen molar-refractivity contribution in [1.82, 2.24) is 4.98 Å². The second kappa shape index (κ2) is 4.47. The Morgan fingerprint density at radius 3 is 2.45 bits per heavy atom. The van der Waals surface area contributed by atoms with E-state index >= 15 is 0 Å². The molecule has 0 aliphatic carbocycles. The van der Waals surface area contributed by atoms with Crippen molar-refractivity contribution < 1.29 is 8.83 Å². The van der Waals surface area contributed by atoms with Crippen LogP contribution < -0.4 is 0 Å². The van der Waals surface area contributed by atoms with E-state index in [0.717, 1.165) is 22.1 Å². The Morgan fingerprint density at radius 1 is 0.864 bits per heavy atom. The number of fused-ring (bicyclic) bond motifs is 2. The molecule has 0 radical (unpaired) electrons. The lowest BCUT2D eigenvalue weighted by Crippen LogP contribution is -2.10. The monoisotopic (exact) mass is 291 g/mol. The quantitative estimate of drug-likeness (QED) is 0.462. The summed E-state index contributed by atoms with van der Waals surface area (Å²) in [5.74, 6) is 1.19. The minimum Gasteiger partial charge on any atom is -0.451 e. The van der Waals surface area contributed by atoms with Crippen molar-refractivity contribution in [3.8, 4) is 11.7 Å². The molecule has 0 atom stereocenters. The van der Waals surface area contributed by atoms with E-state index in [1.807, 2.05) is 36.4 Å². The maximum absolute atomic E-state index is 5.90. The van der Waals surface area contributed by atoms with Gasteiger partial charge in [-0.25, -0.2) is 4.98 Å². The molecule has 4 rings (SSSR count). The fourth-order valence-corrected chi connectivity index (χ4v) is 2.59. The molecule has 0 bridgehead atoms. The summed E-state index contributed by atoms with van der Waals surface area (Å²) in [6, 6.07) is 16.0. The number of aromatic nitrogens is 1. The van der Waals surface area contributed by atoms with Gasteiger partial charge in [-0.05, 0) is 41.3 Å². The molecule has 2 aromatic carbocycles. The standard InChI is InChI=1S/C19H17NO2/c1-19(2,3)13-8-9-15-12(10-13)11-17(21-15)18-20-14-6-4-5-7-16(14)22-18/h4-11H,1-3H3. The highest BCUT2D eigenvalue weighted by Crippen LogP contribution is 2.32. The van der Waals surface area contributed by atoms with Gasteiger partial charge in [-0.15, -0.1) is 0 Å². The number of para-hydroxylation sites is 2. The van der Waals surface area contributed by atoms with E-state index in [1.165, 1.54) is 5.56 Å². The molecule has 0 unspecified atom stereocenters. The number of benzene rings is 2. The summed E-state index contributed by atoms with van der Waals surface area (Å²) < 4.78 is 11.7. The summed E-state index contributed by atoms with van der Waals surface area (Å²) in [7, 11) is 0. The fourth-order valence-electron chi connectivity index (χ4n) is 2.59. The van der Waals surface area contributed by atoms with E-state index in [0.29, 0.717) is 11.7 Å². The first-order chi connectivity index (χ1) is 10.5. The van der Waals surface area contributed by atoms with Gasteiger partial charge in [0.25, 0.3) is 5.89 Å². The van der Waals surface area contributed by atoms with E-state index in [1.54, 1.807) is 0 Å². The lowest BCUT2D eigenvalue weighted by atomic mass is 9.86. The van der Waals surface area contributed by atoms with E-state index in [-0.39, 0.29) is 5.41 Å². The third-order valence-electron chi connectivity index (χ3n) is 3.89. The molecular formula is C19H17NO2. The Labute approximate surface area is 128 Å². The Balaban J connectivity index is 1.85. The van der Waals surface area contributed by atoms with Gasteiger partial charge in [-0.1, -0.05) is 39.0 Å². The molecule has 2 aromatic heterocycles. The Bertz CT molecular complexity index is 937. The molecule has 4 aromatic rings. The maximum atomic E-state index is 5.90. The van der Waals surface area contributed by atoms with Gasteiger partial charge >= 0.3 is 0 Å². The predicted octanol–water partition coefficient (Wildman–Crippen LogP) is 5.54. The smallest absolute Gasteiger partial charge is 0.263 e. The summed E-state index contributed by atoms with van der Waals surface area (Å²) in [5.41, 5.74) is 3.86. The molecule has 0 fully saturated rings. The van der Waals surface area contributed by atoms with Crippen LogP contribution in [0.25, 0.3) is 33.7 Å². The van der Waals surface area contributed by atoms with Crippen molar-refractivity contribution in [2.24, 2.45) is 0 Å². The molecule has 3 nitrogen and oxygen atoms in total. The highest BCUT2D eigenvalue weighted by atomic mass is 16.4. The Kier molecular flexibility index (Phi) is 2.67. The van der Waals surface area contributed by atoms with Gasteiger partial charge in [-0.2, -0.15) is 0 Å². The molecule has 2 heterocycles. The van der Waals surface area contributed by atoms with Crippen LogP contribution in [0.1, 0.15) is 26.3 Å². The number of rotatable bonds is 1. The van der Waals surface area contributed by atoms with Crippen LogP contribution in [0.4, 0.5) is 0 Å².